The summed E-state index contributed by atoms with van der Waals surface area (Å²) in [6.45, 7) is 6.73. The smallest absolute Gasteiger partial charge is 0.322 e. The van der Waals surface area contributed by atoms with Crippen molar-refractivity contribution in [3.8, 4) is 5.75 Å². The monoisotopic (exact) mass is 511 g/mol. The van der Waals surface area contributed by atoms with Crippen LogP contribution in [0.4, 0.5) is 10.5 Å². The topological polar surface area (TPSA) is 61.9 Å². The molecular formula is C27H30ClN3O3S. The fourth-order valence-corrected chi connectivity index (χ4v) is 5.19. The van der Waals surface area contributed by atoms with Crippen molar-refractivity contribution >= 4 is 40.6 Å². The molecule has 0 aliphatic carbocycles. The van der Waals surface area contributed by atoms with Crippen molar-refractivity contribution in [2.24, 2.45) is 0 Å². The molecular weight excluding hydrogens is 482 g/mol. The van der Waals surface area contributed by atoms with Gasteiger partial charge in [-0.15, -0.1) is 11.3 Å². The van der Waals surface area contributed by atoms with Crippen LogP contribution in [0.15, 0.2) is 60.0 Å². The lowest BCUT2D eigenvalue weighted by molar-refractivity contribution is -0.135. The summed E-state index contributed by atoms with van der Waals surface area (Å²) in [5.41, 5.74) is 2.93. The number of hydrogen-bond acceptors (Lipinski definition) is 4. The molecule has 2 heterocycles. The standard InChI is InChI=1S/C27H30ClN3O3S/c1-18(2)31(27(33)29-21-8-4-19(3)5-9-21)16-26(32)30-14-12-25-23(13-15-35-25)24(30)17-34-22-10-6-20(28)7-11-22/h4-11,13,15,18,24H,12,14,16-17H2,1-3H3,(H,29,33)/t24-/m0/s1. The van der Waals surface area contributed by atoms with Crippen molar-refractivity contribution in [1.82, 2.24) is 9.80 Å². The number of halogens is 1. The van der Waals surface area contributed by atoms with Crippen molar-refractivity contribution in [2.45, 2.75) is 39.3 Å². The van der Waals surface area contributed by atoms with Crippen LogP contribution in [0.2, 0.25) is 5.02 Å². The molecule has 2 aromatic carbocycles. The largest absolute Gasteiger partial charge is 0.491 e. The molecule has 1 aliphatic heterocycles. The highest BCUT2D eigenvalue weighted by Gasteiger charge is 2.34. The van der Waals surface area contributed by atoms with Crippen molar-refractivity contribution in [3.63, 3.8) is 0 Å². The van der Waals surface area contributed by atoms with E-state index in [0.29, 0.717) is 29.6 Å². The highest BCUT2D eigenvalue weighted by atomic mass is 35.5. The van der Waals surface area contributed by atoms with Gasteiger partial charge in [0.25, 0.3) is 0 Å². The molecule has 0 fully saturated rings. The predicted octanol–water partition coefficient (Wildman–Crippen LogP) is 6.16. The van der Waals surface area contributed by atoms with Gasteiger partial charge in [0.2, 0.25) is 5.91 Å². The summed E-state index contributed by atoms with van der Waals surface area (Å²) in [6, 6.07) is 16.2. The number of carbonyl (C=O) groups is 2. The number of hydrogen-bond donors (Lipinski definition) is 1. The van der Waals surface area contributed by atoms with Crippen LogP contribution in [-0.4, -0.2) is 47.5 Å². The van der Waals surface area contributed by atoms with Crippen LogP contribution >= 0.6 is 22.9 Å². The average molecular weight is 512 g/mol. The van der Waals surface area contributed by atoms with E-state index in [-0.39, 0.29) is 30.6 Å². The summed E-state index contributed by atoms with van der Waals surface area (Å²) in [4.78, 5) is 31.3. The molecule has 35 heavy (non-hydrogen) atoms. The molecule has 0 spiro atoms. The minimum absolute atomic E-state index is 0.00766. The Morgan fingerprint density at radius 3 is 2.54 bits per heavy atom. The van der Waals surface area contributed by atoms with Crippen LogP contribution in [0.5, 0.6) is 5.75 Å². The van der Waals surface area contributed by atoms with Crippen molar-refractivity contribution in [3.05, 3.63) is 81.0 Å². The first-order chi connectivity index (χ1) is 16.8. The quantitative estimate of drug-likeness (QED) is 0.413. The maximum atomic E-state index is 13.5. The molecule has 1 atom stereocenters. The third-order valence-electron chi connectivity index (χ3n) is 6.13. The Bertz CT molecular complexity index is 1160. The zero-order chi connectivity index (χ0) is 24.9. The summed E-state index contributed by atoms with van der Waals surface area (Å²) in [7, 11) is 0. The molecule has 0 radical (unpaired) electrons. The van der Waals surface area contributed by atoms with Crippen LogP contribution in [0.1, 0.15) is 35.9 Å². The van der Waals surface area contributed by atoms with Crippen LogP contribution in [0.3, 0.4) is 0 Å². The lowest BCUT2D eigenvalue weighted by Crippen LogP contribution is -2.50. The highest BCUT2D eigenvalue weighted by molar-refractivity contribution is 7.10. The number of urea groups is 1. The van der Waals surface area contributed by atoms with Gasteiger partial charge < -0.3 is 19.9 Å². The Morgan fingerprint density at radius 2 is 1.86 bits per heavy atom. The lowest BCUT2D eigenvalue weighted by Gasteiger charge is -2.37. The Labute approximate surface area is 215 Å². The Hall–Kier alpha value is -3.03. The zero-order valence-electron chi connectivity index (χ0n) is 20.2. The molecule has 4 rings (SSSR count). The molecule has 3 amide bonds. The van der Waals surface area contributed by atoms with Gasteiger partial charge in [0.05, 0.1) is 6.04 Å². The Balaban J connectivity index is 1.48. The van der Waals surface area contributed by atoms with Crippen LogP contribution in [0, 0.1) is 6.92 Å². The van der Waals surface area contributed by atoms with Crippen LogP contribution < -0.4 is 10.1 Å². The molecule has 0 unspecified atom stereocenters. The number of nitrogens with one attached hydrogen (secondary N) is 1. The molecule has 184 valence electrons. The van der Waals surface area contributed by atoms with Gasteiger partial charge >= 0.3 is 6.03 Å². The Kier molecular flexibility index (Phi) is 7.98. The highest BCUT2D eigenvalue weighted by Crippen LogP contribution is 2.34. The van der Waals surface area contributed by atoms with E-state index in [1.807, 2.05) is 62.1 Å². The van der Waals surface area contributed by atoms with Crippen molar-refractivity contribution in [1.29, 1.82) is 0 Å². The lowest BCUT2D eigenvalue weighted by atomic mass is 10.0. The number of anilines is 1. The van der Waals surface area contributed by atoms with E-state index in [4.69, 9.17) is 16.3 Å². The molecule has 8 heteroatoms. The van der Waals surface area contributed by atoms with E-state index in [0.717, 1.165) is 17.5 Å². The van der Waals surface area contributed by atoms with Gasteiger partial charge in [-0.25, -0.2) is 4.79 Å². The van der Waals surface area contributed by atoms with E-state index in [2.05, 4.69) is 16.8 Å². The fraction of sp³-hybridized carbons (Fsp3) is 0.333. The fourth-order valence-electron chi connectivity index (χ4n) is 4.14. The van der Waals surface area contributed by atoms with E-state index < -0.39 is 0 Å². The second-order valence-electron chi connectivity index (χ2n) is 8.93. The van der Waals surface area contributed by atoms with Gasteiger partial charge in [-0.05, 0) is 80.6 Å². The van der Waals surface area contributed by atoms with E-state index >= 15 is 0 Å². The number of nitrogens with zero attached hydrogens (tertiary/aromatic N) is 2. The second-order valence-corrected chi connectivity index (χ2v) is 10.4. The number of fused-ring (bicyclic) bond motifs is 1. The van der Waals surface area contributed by atoms with Crippen molar-refractivity contribution in [2.75, 3.05) is 25.0 Å². The maximum absolute atomic E-state index is 13.5. The summed E-state index contributed by atoms with van der Waals surface area (Å²) in [5, 5.41) is 5.62. The molecule has 6 nitrogen and oxygen atoms in total. The predicted molar refractivity (Wildman–Crippen MR) is 141 cm³/mol. The minimum Gasteiger partial charge on any atom is -0.491 e. The average Bonchev–Trinajstić information content (AvgIpc) is 3.32. The zero-order valence-corrected chi connectivity index (χ0v) is 21.7. The van der Waals surface area contributed by atoms with Gasteiger partial charge in [0.1, 0.15) is 18.9 Å². The molecule has 1 N–H and O–H groups in total. The van der Waals surface area contributed by atoms with Crippen molar-refractivity contribution < 1.29 is 14.3 Å². The first-order valence-corrected chi connectivity index (χ1v) is 13.0. The van der Waals surface area contributed by atoms with E-state index in [1.165, 1.54) is 4.88 Å². The number of thiophene rings is 1. The maximum Gasteiger partial charge on any atom is 0.322 e. The SMILES string of the molecule is Cc1ccc(NC(=O)N(CC(=O)N2CCc3sccc3[C@@H]2COc2ccc(Cl)cc2)C(C)C)cc1. The van der Waals surface area contributed by atoms with Crippen LogP contribution in [-0.2, 0) is 11.2 Å². The van der Waals surface area contributed by atoms with Gasteiger partial charge in [-0.3, -0.25) is 4.79 Å². The molecule has 1 aliphatic rings. The van der Waals surface area contributed by atoms with Gasteiger partial charge in [0, 0.05) is 28.2 Å². The molecule has 3 aromatic rings. The molecule has 0 bridgehead atoms. The number of aryl methyl sites for hydroxylation is 1. The number of rotatable bonds is 7. The minimum atomic E-state index is -0.292. The Morgan fingerprint density at radius 1 is 1.14 bits per heavy atom. The van der Waals surface area contributed by atoms with E-state index in [1.54, 1.807) is 28.4 Å². The summed E-state index contributed by atoms with van der Waals surface area (Å²) >= 11 is 7.70. The summed E-state index contributed by atoms with van der Waals surface area (Å²) in [5.74, 6) is 0.602. The summed E-state index contributed by atoms with van der Waals surface area (Å²) in [6.07, 6.45) is 0.799. The normalized spacial score (nSPS) is 15.0. The number of carbonyl (C=O) groups excluding carboxylic acids is 2. The number of benzene rings is 2. The molecule has 0 saturated heterocycles. The van der Waals surface area contributed by atoms with Crippen LogP contribution in [0.25, 0.3) is 0 Å². The number of amides is 3. The van der Waals surface area contributed by atoms with Gasteiger partial charge in [-0.2, -0.15) is 0 Å². The first kappa shape index (κ1) is 25.1. The van der Waals surface area contributed by atoms with E-state index in [9.17, 15) is 9.59 Å². The number of ether oxygens (including phenoxy) is 1. The second kappa shape index (κ2) is 11.1. The third-order valence-corrected chi connectivity index (χ3v) is 7.38. The van der Waals surface area contributed by atoms with Gasteiger partial charge in [-0.1, -0.05) is 29.3 Å². The third kappa shape index (κ3) is 6.16. The van der Waals surface area contributed by atoms with Gasteiger partial charge in [0.15, 0.2) is 0 Å². The summed E-state index contributed by atoms with van der Waals surface area (Å²) < 4.78 is 6.05. The first-order valence-electron chi connectivity index (χ1n) is 11.7. The molecule has 0 saturated carbocycles. The molecule has 1 aromatic heterocycles.